The van der Waals surface area contributed by atoms with E-state index in [1.54, 1.807) is 47.3 Å². The number of carbonyl (C=O) groups excluding carboxylic acids is 1. The van der Waals surface area contributed by atoms with Crippen LogP contribution in [-0.4, -0.2) is 43.7 Å². The van der Waals surface area contributed by atoms with Crippen molar-refractivity contribution >= 4 is 29.4 Å². The fourth-order valence-electron chi connectivity index (χ4n) is 3.23. The number of hydrogen-bond donors (Lipinski definition) is 1. The van der Waals surface area contributed by atoms with Crippen molar-refractivity contribution in [2.24, 2.45) is 0 Å². The molecule has 2 aromatic heterocycles. The molecule has 10 heteroatoms. The number of thioether (sulfide) groups is 2. The Labute approximate surface area is 204 Å². The number of amides is 1. The molecule has 6 nitrogen and oxygen atoms in total. The number of alkyl halides is 2. The van der Waals surface area contributed by atoms with Crippen LogP contribution < -0.4 is 5.32 Å². The van der Waals surface area contributed by atoms with Gasteiger partial charge in [-0.1, -0.05) is 53.9 Å². The summed E-state index contributed by atoms with van der Waals surface area (Å²) < 4.78 is 27.2. The number of nitrogens with one attached hydrogen (secondary N) is 1. The second kappa shape index (κ2) is 11.8. The van der Waals surface area contributed by atoms with Gasteiger partial charge in [0.15, 0.2) is 11.0 Å². The maximum atomic E-state index is 12.7. The number of hydrogen-bond acceptors (Lipinski definition) is 6. The highest BCUT2D eigenvalue weighted by Crippen LogP contribution is 2.30. The Balaban J connectivity index is 1.48. The fourth-order valence-corrected chi connectivity index (χ4v) is 4.51. The monoisotopic (exact) mass is 497 g/mol. The zero-order valence-corrected chi connectivity index (χ0v) is 19.6. The second-order valence-corrected chi connectivity index (χ2v) is 9.14. The molecule has 0 unspecified atom stereocenters. The number of pyridine rings is 1. The standard InChI is InChI=1S/C24H21F2N5OS2/c25-23(26)34-20-10-8-19(9-11-20)31-22(18-7-4-13-27-15-18)29-30-24(31)33-16-21(32)28-14-12-17-5-2-1-3-6-17/h1-11,13,15,23H,12,14,16H2,(H,28,32). The first-order chi connectivity index (χ1) is 16.6. The van der Waals surface area contributed by atoms with Gasteiger partial charge in [-0.05, 0) is 48.4 Å². The minimum Gasteiger partial charge on any atom is -0.355 e. The van der Waals surface area contributed by atoms with Crippen molar-refractivity contribution in [2.45, 2.75) is 22.2 Å². The van der Waals surface area contributed by atoms with Crippen LogP contribution in [0.3, 0.4) is 0 Å². The van der Waals surface area contributed by atoms with Crippen LogP contribution in [0, 0.1) is 0 Å². The molecular formula is C24H21F2N5OS2. The van der Waals surface area contributed by atoms with E-state index in [9.17, 15) is 13.6 Å². The molecule has 0 fully saturated rings. The Morgan fingerprint density at radius 3 is 2.50 bits per heavy atom. The lowest BCUT2D eigenvalue weighted by atomic mass is 10.1. The average molecular weight is 498 g/mol. The molecule has 0 radical (unpaired) electrons. The molecule has 4 rings (SSSR count). The van der Waals surface area contributed by atoms with Crippen molar-refractivity contribution in [1.82, 2.24) is 25.1 Å². The Morgan fingerprint density at radius 1 is 1.00 bits per heavy atom. The molecule has 0 spiro atoms. The smallest absolute Gasteiger partial charge is 0.288 e. The predicted octanol–water partition coefficient (Wildman–Crippen LogP) is 5.10. The van der Waals surface area contributed by atoms with Crippen molar-refractivity contribution in [3.63, 3.8) is 0 Å². The third-order valence-electron chi connectivity index (χ3n) is 4.78. The van der Waals surface area contributed by atoms with Crippen molar-refractivity contribution in [3.05, 3.63) is 84.7 Å². The Bertz CT molecular complexity index is 1210. The average Bonchev–Trinajstić information content (AvgIpc) is 3.28. The molecule has 0 bridgehead atoms. The SMILES string of the molecule is O=C(CSc1nnc(-c2cccnc2)n1-c1ccc(SC(F)F)cc1)NCCc1ccccc1. The summed E-state index contributed by atoms with van der Waals surface area (Å²) in [6, 6.07) is 20.3. The number of benzene rings is 2. The topological polar surface area (TPSA) is 72.7 Å². The van der Waals surface area contributed by atoms with Crippen LogP contribution in [0.4, 0.5) is 8.78 Å². The van der Waals surface area contributed by atoms with Gasteiger partial charge >= 0.3 is 0 Å². The van der Waals surface area contributed by atoms with Crippen molar-refractivity contribution < 1.29 is 13.6 Å². The van der Waals surface area contributed by atoms with Crippen LogP contribution in [0.5, 0.6) is 0 Å². The van der Waals surface area contributed by atoms with E-state index < -0.39 is 5.76 Å². The van der Waals surface area contributed by atoms with Gasteiger partial charge in [0.25, 0.3) is 5.76 Å². The summed E-state index contributed by atoms with van der Waals surface area (Å²) in [5.74, 6) is -1.88. The van der Waals surface area contributed by atoms with Crippen molar-refractivity contribution in [1.29, 1.82) is 0 Å². The van der Waals surface area contributed by atoms with E-state index in [0.717, 1.165) is 17.5 Å². The summed E-state index contributed by atoms with van der Waals surface area (Å²) in [5, 5.41) is 12.0. The maximum Gasteiger partial charge on any atom is 0.288 e. The molecule has 0 atom stereocenters. The van der Waals surface area contributed by atoms with Gasteiger partial charge in [-0.15, -0.1) is 10.2 Å². The highest BCUT2D eigenvalue weighted by Gasteiger charge is 2.18. The van der Waals surface area contributed by atoms with Gasteiger partial charge < -0.3 is 5.32 Å². The molecular weight excluding hydrogens is 476 g/mol. The van der Waals surface area contributed by atoms with Crippen molar-refractivity contribution in [2.75, 3.05) is 12.3 Å². The van der Waals surface area contributed by atoms with Crippen LogP contribution in [0.2, 0.25) is 0 Å². The first-order valence-electron chi connectivity index (χ1n) is 10.4. The molecule has 0 saturated heterocycles. The van der Waals surface area contributed by atoms with E-state index in [1.165, 1.54) is 11.8 Å². The molecule has 34 heavy (non-hydrogen) atoms. The van der Waals surface area contributed by atoms with Gasteiger partial charge in [0.1, 0.15) is 0 Å². The largest absolute Gasteiger partial charge is 0.355 e. The van der Waals surface area contributed by atoms with E-state index >= 15 is 0 Å². The van der Waals surface area contributed by atoms with Crippen molar-refractivity contribution in [3.8, 4) is 17.1 Å². The van der Waals surface area contributed by atoms with Gasteiger partial charge in [0, 0.05) is 35.1 Å². The molecule has 1 amide bonds. The fraction of sp³-hybridized carbons (Fsp3) is 0.167. The minimum absolute atomic E-state index is 0.109. The lowest BCUT2D eigenvalue weighted by Gasteiger charge is -2.11. The van der Waals surface area contributed by atoms with Crippen LogP contribution in [-0.2, 0) is 11.2 Å². The number of nitrogens with zero attached hydrogens (tertiary/aromatic N) is 4. The van der Waals surface area contributed by atoms with Crippen LogP contribution in [0.15, 0.2) is 89.2 Å². The molecule has 0 aliphatic carbocycles. The predicted molar refractivity (Wildman–Crippen MR) is 130 cm³/mol. The molecule has 2 heterocycles. The van der Waals surface area contributed by atoms with E-state index in [-0.39, 0.29) is 11.7 Å². The van der Waals surface area contributed by atoms with E-state index in [2.05, 4.69) is 20.5 Å². The normalized spacial score (nSPS) is 11.0. The molecule has 1 N–H and O–H groups in total. The molecule has 0 saturated carbocycles. The van der Waals surface area contributed by atoms with Gasteiger partial charge in [0.05, 0.1) is 5.75 Å². The number of carbonyl (C=O) groups is 1. The van der Waals surface area contributed by atoms with Crippen LogP contribution in [0.25, 0.3) is 17.1 Å². The summed E-state index contributed by atoms with van der Waals surface area (Å²) in [4.78, 5) is 17.0. The van der Waals surface area contributed by atoms with Crippen LogP contribution in [0.1, 0.15) is 5.56 Å². The quantitative estimate of drug-likeness (QED) is 0.308. The molecule has 0 aliphatic rings. The summed E-state index contributed by atoms with van der Waals surface area (Å²) in [6.45, 7) is 0.542. The lowest BCUT2D eigenvalue weighted by molar-refractivity contribution is -0.118. The second-order valence-electron chi connectivity index (χ2n) is 7.13. The molecule has 4 aromatic rings. The minimum atomic E-state index is -2.49. The maximum absolute atomic E-state index is 12.7. The summed E-state index contributed by atoms with van der Waals surface area (Å²) in [7, 11) is 0. The van der Waals surface area contributed by atoms with Gasteiger partial charge in [0.2, 0.25) is 5.91 Å². The van der Waals surface area contributed by atoms with E-state index in [4.69, 9.17) is 0 Å². The first kappa shape index (κ1) is 23.9. The summed E-state index contributed by atoms with van der Waals surface area (Å²) in [5.41, 5.74) is 2.61. The van der Waals surface area contributed by atoms with Gasteiger partial charge in [-0.2, -0.15) is 8.78 Å². The Kier molecular flexibility index (Phi) is 8.26. The summed E-state index contributed by atoms with van der Waals surface area (Å²) in [6.07, 6.45) is 4.09. The number of aromatic nitrogens is 4. The number of halogens is 2. The van der Waals surface area contributed by atoms with E-state index in [0.29, 0.717) is 39.9 Å². The highest BCUT2D eigenvalue weighted by atomic mass is 32.2. The molecule has 0 aliphatic heterocycles. The first-order valence-corrected chi connectivity index (χ1v) is 12.3. The summed E-state index contributed by atoms with van der Waals surface area (Å²) >= 11 is 1.75. The van der Waals surface area contributed by atoms with E-state index in [1.807, 2.05) is 36.4 Å². The van der Waals surface area contributed by atoms with Crippen LogP contribution >= 0.6 is 23.5 Å². The third kappa shape index (κ3) is 6.42. The zero-order chi connectivity index (χ0) is 23.8. The van der Waals surface area contributed by atoms with Gasteiger partial charge in [-0.25, -0.2) is 0 Å². The zero-order valence-electron chi connectivity index (χ0n) is 18.0. The third-order valence-corrected chi connectivity index (χ3v) is 6.44. The highest BCUT2D eigenvalue weighted by molar-refractivity contribution is 8.00. The Hall–Kier alpha value is -3.24. The molecule has 2 aromatic carbocycles. The lowest BCUT2D eigenvalue weighted by Crippen LogP contribution is -2.27. The number of rotatable bonds is 10. The molecule has 174 valence electrons. The van der Waals surface area contributed by atoms with Gasteiger partial charge in [-0.3, -0.25) is 14.3 Å². The Morgan fingerprint density at radius 2 is 1.79 bits per heavy atom.